The molecule has 1 aromatic carbocycles. The Kier molecular flexibility index (Phi) is 5.47. The van der Waals surface area contributed by atoms with Crippen molar-refractivity contribution in [1.29, 1.82) is 0 Å². The summed E-state index contributed by atoms with van der Waals surface area (Å²) < 4.78 is 0. The molecule has 2 amide bonds. The smallest absolute Gasteiger partial charge is 0.408 e. The van der Waals surface area contributed by atoms with E-state index < -0.39 is 18.2 Å². The van der Waals surface area contributed by atoms with Crippen molar-refractivity contribution in [3.8, 4) is 0 Å². The van der Waals surface area contributed by atoms with E-state index in [9.17, 15) is 19.8 Å². The average Bonchev–Trinajstić information content (AvgIpc) is 3.02. The predicted octanol–water partition coefficient (Wildman–Crippen LogP) is 2.80. The number of likely N-dealkylation sites (tertiary alicyclic amines) is 2. The number of nitrogens with zero attached hydrogens (tertiary/aromatic N) is 2. The van der Waals surface area contributed by atoms with Gasteiger partial charge in [-0.25, -0.2) is 4.79 Å². The summed E-state index contributed by atoms with van der Waals surface area (Å²) in [6.07, 6.45) is -0.0199. The van der Waals surface area contributed by atoms with Gasteiger partial charge in [-0.15, -0.1) is 0 Å². The van der Waals surface area contributed by atoms with Crippen LogP contribution < -0.4 is 0 Å². The van der Waals surface area contributed by atoms with Crippen molar-refractivity contribution in [3.05, 3.63) is 35.4 Å². The Bertz CT molecular complexity index is 704. The van der Waals surface area contributed by atoms with Crippen molar-refractivity contribution in [2.75, 3.05) is 19.6 Å². The van der Waals surface area contributed by atoms with E-state index >= 15 is 0 Å². The van der Waals surface area contributed by atoms with Gasteiger partial charge in [-0.1, -0.05) is 45.0 Å². The molecule has 6 nitrogen and oxygen atoms in total. The zero-order chi connectivity index (χ0) is 19.8. The second-order valence-electron chi connectivity index (χ2n) is 8.71. The van der Waals surface area contributed by atoms with Crippen molar-refractivity contribution in [2.45, 2.75) is 63.5 Å². The van der Waals surface area contributed by atoms with Crippen molar-refractivity contribution in [3.63, 3.8) is 0 Å². The molecule has 2 aliphatic heterocycles. The van der Waals surface area contributed by atoms with E-state index in [0.717, 1.165) is 17.7 Å². The van der Waals surface area contributed by atoms with Gasteiger partial charge in [0.05, 0.1) is 6.10 Å². The molecule has 6 heteroatoms. The third-order valence-electron chi connectivity index (χ3n) is 5.88. The molecule has 2 aliphatic rings. The van der Waals surface area contributed by atoms with Gasteiger partial charge in [0.2, 0.25) is 5.91 Å². The molecule has 0 aliphatic carbocycles. The van der Waals surface area contributed by atoms with Gasteiger partial charge in [0, 0.05) is 19.6 Å². The second kappa shape index (κ2) is 7.50. The molecular formula is C21H30N2O4. The first-order chi connectivity index (χ1) is 12.7. The Labute approximate surface area is 160 Å². The van der Waals surface area contributed by atoms with Crippen LogP contribution in [0.5, 0.6) is 0 Å². The maximum atomic E-state index is 12.9. The Morgan fingerprint density at radius 2 is 1.67 bits per heavy atom. The molecule has 148 valence electrons. The molecule has 2 N–H and O–H groups in total. The fourth-order valence-electron chi connectivity index (χ4n) is 4.42. The van der Waals surface area contributed by atoms with Crippen molar-refractivity contribution in [1.82, 2.24) is 9.80 Å². The van der Waals surface area contributed by atoms with Gasteiger partial charge in [-0.05, 0) is 41.7 Å². The van der Waals surface area contributed by atoms with Gasteiger partial charge < -0.3 is 15.1 Å². The predicted molar refractivity (Wildman–Crippen MR) is 103 cm³/mol. The molecule has 0 unspecified atom stereocenters. The highest BCUT2D eigenvalue weighted by Gasteiger charge is 2.43. The summed E-state index contributed by atoms with van der Waals surface area (Å²) in [6, 6.07) is 7.56. The summed E-state index contributed by atoms with van der Waals surface area (Å²) >= 11 is 0. The van der Waals surface area contributed by atoms with Gasteiger partial charge in [0.15, 0.2) is 0 Å². The number of aliphatic hydroxyl groups is 1. The molecule has 3 rings (SSSR count). The van der Waals surface area contributed by atoms with Crippen LogP contribution in [0.25, 0.3) is 0 Å². The van der Waals surface area contributed by atoms with E-state index in [-0.39, 0.29) is 17.9 Å². The monoisotopic (exact) mass is 374 g/mol. The zero-order valence-electron chi connectivity index (χ0n) is 16.4. The Hall–Kier alpha value is -2.08. The van der Waals surface area contributed by atoms with Crippen molar-refractivity contribution >= 4 is 12.0 Å². The molecule has 0 radical (unpaired) electrons. The molecule has 0 saturated carbocycles. The first-order valence-corrected chi connectivity index (χ1v) is 9.76. The lowest BCUT2D eigenvalue weighted by molar-refractivity contribution is -0.139. The number of hydrogen-bond acceptors (Lipinski definition) is 3. The van der Waals surface area contributed by atoms with Crippen molar-refractivity contribution < 1.29 is 19.8 Å². The van der Waals surface area contributed by atoms with Crippen LogP contribution in [0.15, 0.2) is 24.3 Å². The van der Waals surface area contributed by atoms with Gasteiger partial charge >= 0.3 is 6.09 Å². The van der Waals surface area contributed by atoms with Crippen LogP contribution in [0, 0.1) is 0 Å². The maximum absolute atomic E-state index is 12.9. The quantitative estimate of drug-likeness (QED) is 0.834. The van der Waals surface area contributed by atoms with Crippen LogP contribution in [-0.2, 0) is 10.2 Å². The summed E-state index contributed by atoms with van der Waals surface area (Å²) in [6.45, 7) is 8.05. The average molecular weight is 374 g/mol. The summed E-state index contributed by atoms with van der Waals surface area (Å²) in [5.74, 6) is 0.138. The Balaban J connectivity index is 1.69. The Morgan fingerprint density at radius 3 is 2.26 bits per heavy atom. The number of piperidine rings is 1. The zero-order valence-corrected chi connectivity index (χ0v) is 16.4. The molecular weight excluding hydrogens is 344 g/mol. The number of carbonyl (C=O) groups excluding carboxylic acids is 1. The van der Waals surface area contributed by atoms with Crippen LogP contribution in [0.3, 0.4) is 0 Å². The lowest BCUT2D eigenvalue weighted by Gasteiger charge is -2.37. The number of hydrogen-bond donors (Lipinski definition) is 2. The highest BCUT2D eigenvalue weighted by molar-refractivity contribution is 5.86. The lowest BCUT2D eigenvalue weighted by Crippen LogP contribution is -2.53. The van der Waals surface area contributed by atoms with Crippen LogP contribution in [-0.4, -0.2) is 63.8 Å². The summed E-state index contributed by atoms with van der Waals surface area (Å²) in [7, 11) is 0. The van der Waals surface area contributed by atoms with Crippen molar-refractivity contribution in [2.24, 2.45) is 0 Å². The second-order valence-corrected chi connectivity index (χ2v) is 8.71. The molecule has 2 heterocycles. The standard InChI is InChI=1S/C21H30N2O4/c1-21(2,3)16-7-5-4-6-15(16)14-8-11-22(12-9-14)19(25)18-17(24)10-13-23(18)20(26)27/h4-7,14,17-18,24H,8-13H2,1-3H3,(H,26,27)/t17-,18-/m1/s1. The summed E-state index contributed by atoms with van der Waals surface area (Å²) in [5, 5.41) is 19.4. The summed E-state index contributed by atoms with van der Waals surface area (Å²) in [4.78, 5) is 27.0. The van der Waals surface area contributed by atoms with E-state index in [1.807, 2.05) is 0 Å². The first kappa shape index (κ1) is 19.7. The minimum absolute atomic E-state index is 0.0689. The number of benzene rings is 1. The summed E-state index contributed by atoms with van der Waals surface area (Å²) in [5.41, 5.74) is 2.77. The van der Waals surface area contributed by atoms with Crippen LogP contribution in [0.1, 0.15) is 57.1 Å². The number of rotatable bonds is 2. The SMILES string of the molecule is CC(C)(C)c1ccccc1C1CCN(C(=O)[C@H]2[C@H](O)CCN2C(=O)O)CC1. The molecule has 0 aromatic heterocycles. The molecule has 2 saturated heterocycles. The minimum Gasteiger partial charge on any atom is -0.465 e. The lowest BCUT2D eigenvalue weighted by atomic mass is 9.77. The number of carboxylic acid groups (broad SMARTS) is 1. The van der Waals surface area contributed by atoms with Gasteiger partial charge in [-0.3, -0.25) is 9.69 Å². The van der Waals surface area contributed by atoms with Crippen LogP contribution in [0.2, 0.25) is 0 Å². The molecule has 2 fully saturated rings. The first-order valence-electron chi connectivity index (χ1n) is 9.76. The maximum Gasteiger partial charge on any atom is 0.408 e. The third-order valence-corrected chi connectivity index (χ3v) is 5.88. The topological polar surface area (TPSA) is 81.1 Å². The van der Waals surface area contributed by atoms with E-state index in [0.29, 0.717) is 25.4 Å². The highest BCUT2D eigenvalue weighted by atomic mass is 16.4. The fourth-order valence-corrected chi connectivity index (χ4v) is 4.42. The largest absolute Gasteiger partial charge is 0.465 e. The van der Waals surface area contributed by atoms with Gasteiger partial charge in [-0.2, -0.15) is 0 Å². The van der Waals surface area contributed by atoms with Gasteiger partial charge in [0.1, 0.15) is 6.04 Å². The Morgan fingerprint density at radius 1 is 1.04 bits per heavy atom. The fraction of sp³-hybridized carbons (Fsp3) is 0.619. The van der Waals surface area contributed by atoms with E-state index in [1.165, 1.54) is 11.1 Å². The number of carbonyl (C=O) groups is 2. The molecule has 2 atom stereocenters. The van der Waals surface area contributed by atoms with E-state index in [4.69, 9.17) is 0 Å². The van der Waals surface area contributed by atoms with E-state index in [2.05, 4.69) is 45.0 Å². The molecule has 27 heavy (non-hydrogen) atoms. The van der Waals surface area contributed by atoms with E-state index in [1.54, 1.807) is 4.90 Å². The van der Waals surface area contributed by atoms with Crippen LogP contribution >= 0.6 is 0 Å². The molecule has 1 aromatic rings. The number of aliphatic hydroxyl groups excluding tert-OH is 1. The van der Waals surface area contributed by atoms with Crippen LogP contribution in [0.4, 0.5) is 4.79 Å². The minimum atomic E-state index is -1.14. The highest BCUT2D eigenvalue weighted by Crippen LogP contribution is 2.36. The third kappa shape index (κ3) is 3.95. The normalized spacial score (nSPS) is 24.3. The number of amides is 2. The molecule has 0 bridgehead atoms. The van der Waals surface area contributed by atoms with Gasteiger partial charge in [0.25, 0.3) is 0 Å². The molecule has 0 spiro atoms.